The minimum Gasteiger partial charge on any atom is -0.355 e. The van der Waals surface area contributed by atoms with E-state index in [2.05, 4.69) is 5.32 Å². The highest BCUT2D eigenvalue weighted by atomic mass is 16.2. The van der Waals surface area contributed by atoms with Crippen molar-refractivity contribution in [3.8, 4) is 0 Å². The number of hydrogen-bond donors (Lipinski definition) is 1. The topological polar surface area (TPSA) is 49.4 Å². The summed E-state index contributed by atoms with van der Waals surface area (Å²) in [5.74, 6) is -0.187. The molecular weight excluding hydrogens is 300 g/mol. The van der Waals surface area contributed by atoms with Gasteiger partial charge in [-0.15, -0.1) is 0 Å². The van der Waals surface area contributed by atoms with Gasteiger partial charge in [0.15, 0.2) is 0 Å². The van der Waals surface area contributed by atoms with Crippen molar-refractivity contribution in [2.45, 2.75) is 13.5 Å². The Morgan fingerprint density at radius 3 is 2.38 bits per heavy atom. The Hall–Kier alpha value is -2.88. The van der Waals surface area contributed by atoms with Gasteiger partial charge >= 0.3 is 0 Å². The minimum absolute atomic E-state index is 0.0615. The molecule has 0 atom stereocenters. The first-order valence-corrected chi connectivity index (χ1v) is 7.81. The Bertz CT molecular complexity index is 748. The lowest BCUT2D eigenvalue weighted by atomic mass is 10.1. The fraction of sp³-hybridized carbons (Fsp3) is 0.200. The fourth-order valence-corrected chi connectivity index (χ4v) is 2.31. The predicted octanol–water partition coefficient (Wildman–Crippen LogP) is 3.03. The third kappa shape index (κ3) is 4.56. The number of benzene rings is 2. The molecule has 0 fully saturated rings. The molecule has 0 spiro atoms. The maximum absolute atomic E-state index is 12.2. The standard InChI is InChI=1S/C20H22N2O2/c1-15-6-4-5-7-18(15)14-22(3)19(23)13-10-16-8-11-17(12-9-16)20(24)21-2/h4-13H,14H2,1-3H3,(H,21,24)/b13-10+. The second-order valence-electron chi connectivity index (χ2n) is 5.66. The number of rotatable bonds is 5. The van der Waals surface area contributed by atoms with Crippen LogP contribution in [0.5, 0.6) is 0 Å². The summed E-state index contributed by atoms with van der Waals surface area (Å²) in [5, 5.41) is 2.58. The molecule has 0 unspecified atom stereocenters. The van der Waals surface area contributed by atoms with E-state index in [9.17, 15) is 9.59 Å². The molecule has 124 valence electrons. The number of carbonyl (C=O) groups is 2. The Labute approximate surface area is 142 Å². The highest BCUT2D eigenvalue weighted by Gasteiger charge is 2.07. The monoisotopic (exact) mass is 322 g/mol. The van der Waals surface area contributed by atoms with Gasteiger partial charge < -0.3 is 10.2 Å². The highest BCUT2D eigenvalue weighted by molar-refractivity contribution is 5.94. The lowest BCUT2D eigenvalue weighted by molar-refractivity contribution is -0.125. The number of hydrogen-bond acceptors (Lipinski definition) is 2. The largest absolute Gasteiger partial charge is 0.355 e. The Kier molecular flexibility index (Phi) is 5.90. The number of carbonyl (C=O) groups excluding carboxylic acids is 2. The lowest BCUT2D eigenvalue weighted by Crippen LogP contribution is -2.24. The van der Waals surface area contributed by atoms with Crippen molar-refractivity contribution < 1.29 is 9.59 Å². The average Bonchev–Trinajstić information content (AvgIpc) is 2.61. The lowest BCUT2D eigenvalue weighted by Gasteiger charge is -2.16. The first kappa shape index (κ1) is 17.5. The SMILES string of the molecule is CNC(=O)c1ccc(/C=C/C(=O)N(C)Cc2ccccc2C)cc1. The molecule has 0 radical (unpaired) electrons. The Morgan fingerprint density at radius 2 is 1.75 bits per heavy atom. The van der Waals surface area contributed by atoms with Gasteiger partial charge in [-0.05, 0) is 41.8 Å². The van der Waals surface area contributed by atoms with Crippen LogP contribution in [0.15, 0.2) is 54.6 Å². The molecule has 0 bridgehead atoms. The van der Waals surface area contributed by atoms with E-state index in [4.69, 9.17) is 0 Å². The number of likely N-dealkylation sites (N-methyl/N-ethyl adjacent to an activating group) is 1. The van der Waals surface area contributed by atoms with Crippen molar-refractivity contribution in [1.82, 2.24) is 10.2 Å². The third-order valence-corrected chi connectivity index (χ3v) is 3.86. The zero-order chi connectivity index (χ0) is 17.5. The van der Waals surface area contributed by atoms with E-state index in [1.165, 1.54) is 5.56 Å². The zero-order valence-corrected chi connectivity index (χ0v) is 14.2. The number of nitrogens with zero attached hydrogens (tertiary/aromatic N) is 1. The summed E-state index contributed by atoms with van der Waals surface area (Å²) in [7, 11) is 3.38. The normalized spacial score (nSPS) is 10.6. The summed E-state index contributed by atoms with van der Waals surface area (Å²) in [6.45, 7) is 2.61. The molecule has 24 heavy (non-hydrogen) atoms. The van der Waals surface area contributed by atoms with Crippen molar-refractivity contribution in [1.29, 1.82) is 0 Å². The molecular formula is C20H22N2O2. The minimum atomic E-state index is -0.125. The number of amides is 2. The predicted molar refractivity (Wildman–Crippen MR) is 96.5 cm³/mol. The molecule has 4 nitrogen and oxygen atoms in total. The maximum atomic E-state index is 12.2. The van der Waals surface area contributed by atoms with Crippen molar-refractivity contribution >= 4 is 17.9 Å². The Balaban J connectivity index is 1.99. The van der Waals surface area contributed by atoms with Crippen LogP contribution in [-0.2, 0) is 11.3 Å². The molecule has 1 N–H and O–H groups in total. The van der Waals surface area contributed by atoms with Crippen LogP contribution >= 0.6 is 0 Å². The van der Waals surface area contributed by atoms with Crippen LogP contribution in [0.4, 0.5) is 0 Å². The van der Waals surface area contributed by atoms with Gasteiger partial charge in [0.25, 0.3) is 5.91 Å². The van der Waals surface area contributed by atoms with Crippen LogP contribution in [0, 0.1) is 6.92 Å². The number of nitrogens with one attached hydrogen (secondary N) is 1. The van der Waals surface area contributed by atoms with Gasteiger partial charge in [-0.25, -0.2) is 0 Å². The summed E-state index contributed by atoms with van der Waals surface area (Å²) < 4.78 is 0. The zero-order valence-electron chi connectivity index (χ0n) is 14.2. The molecule has 0 aliphatic heterocycles. The van der Waals surface area contributed by atoms with E-state index in [1.807, 2.05) is 43.3 Å². The Morgan fingerprint density at radius 1 is 1.08 bits per heavy atom. The van der Waals surface area contributed by atoms with Gasteiger partial charge in [0, 0.05) is 32.3 Å². The molecule has 2 aromatic rings. The van der Waals surface area contributed by atoms with E-state index >= 15 is 0 Å². The van der Waals surface area contributed by atoms with Crippen LogP contribution in [0.1, 0.15) is 27.0 Å². The van der Waals surface area contributed by atoms with Crippen molar-refractivity contribution in [2.75, 3.05) is 14.1 Å². The van der Waals surface area contributed by atoms with Crippen LogP contribution in [0.2, 0.25) is 0 Å². The molecule has 0 aliphatic carbocycles. The molecule has 2 amide bonds. The fourth-order valence-electron chi connectivity index (χ4n) is 2.31. The molecule has 4 heteroatoms. The first-order chi connectivity index (χ1) is 11.5. The van der Waals surface area contributed by atoms with E-state index in [1.54, 1.807) is 43.3 Å². The van der Waals surface area contributed by atoms with Crippen LogP contribution in [-0.4, -0.2) is 30.8 Å². The summed E-state index contributed by atoms with van der Waals surface area (Å²) in [5.41, 5.74) is 3.78. The van der Waals surface area contributed by atoms with E-state index < -0.39 is 0 Å². The average molecular weight is 322 g/mol. The van der Waals surface area contributed by atoms with Gasteiger partial charge in [0.2, 0.25) is 5.91 Å². The van der Waals surface area contributed by atoms with Gasteiger partial charge in [-0.1, -0.05) is 36.4 Å². The van der Waals surface area contributed by atoms with Crippen molar-refractivity contribution in [3.63, 3.8) is 0 Å². The smallest absolute Gasteiger partial charge is 0.251 e. The molecule has 0 saturated heterocycles. The molecule has 0 aliphatic rings. The molecule has 0 heterocycles. The van der Waals surface area contributed by atoms with Gasteiger partial charge in [-0.2, -0.15) is 0 Å². The second kappa shape index (κ2) is 8.11. The van der Waals surface area contributed by atoms with Crippen molar-refractivity contribution in [3.05, 3.63) is 76.9 Å². The van der Waals surface area contributed by atoms with Crippen LogP contribution < -0.4 is 5.32 Å². The van der Waals surface area contributed by atoms with Gasteiger partial charge in [0.1, 0.15) is 0 Å². The summed E-state index contributed by atoms with van der Waals surface area (Å²) in [4.78, 5) is 25.4. The summed E-state index contributed by atoms with van der Waals surface area (Å²) >= 11 is 0. The van der Waals surface area contributed by atoms with E-state index in [0.29, 0.717) is 12.1 Å². The summed E-state index contributed by atoms with van der Waals surface area (Å²) in [6, 6.07) is 15.1. The van der Waals surface area contributed by atoms with Crippen molar-refractivity contribution in [2.24, 2.45) is 0 Å². The van der Waals surface area contributed by atoms with E-state index in [0.717, 1.165) is 11.1 Å². The van der Waals surface area contributed by atoms with Crippen LogP contribution in [0.25, 0.3) is 6.08 Å². The van der Waals surface area contributed by atoms with Gasteiger partial charge in [-0.3, -0.25) is 9.59 Å². The number of aryl methyl sites for hydroxylation is 1. The summed E-state index contributed by atoms with van der Waals surface area (Å²) in [6.07, 6.45) is 3.30. The third-order valence-electron chi connectivity index (χ3n) is 3.86. The molecule has 0 saturated carbocycles. The molecule has 0 aromatic heterocycles. The quantitative estimate of drug-likeness (QED) is 0.860. The highest BCUT2D eigenvalue weighted by Crippen LogP contribution is 2.11. The molecule has 2 aromatic carbocycles. The second-order valence-corrected chi connectivity index (χ2v) is 5.66. The van der Waals surface area contributed by atoms with Gasteiger partial charge in [0.05, 0.1) is 0 Å². The molecule has 2 rings (SSSR count). The maximum Gasteiger partial charge on any atom is 0.251 e. The van der Waals surface area contributed by atoms with Crippen LogP contribution in [0.3, 0.4) is 0 Å². The first-order valence-electron chi connectivity index (χ1n) is 7.81. The van der Waals surface area contributed by atoms with E-state index in [-0.39, 0.29) is 11.8 Å².